The number of carbonyl (C=O) groups excluding carboxylic acids is 2. The molecule has 2 saturated heterocycles. The van der Waals surface area contributed by atoms with Crippen molar-refractivity contribution in [1.29, 1.82) is 0 Å². The van der Waals surface area contributed by atoms with Gasteiger partial charge >= 0.3 is 0 Å². The molecule has 0 bridgehead atoms. The highest BCUT2D eigenvalue weighted by atomic mass is 16.5. The number of hydrogen-bond donors (Lipinski definition) is 2. The number of carbonyl (C=O) groups is 2. The van der Waals surface area contributed by atoms with Crippen LogP contribution in [0.4, 0.5) is 11.4 Å². The zero-order valence-corrected chi connectivity index (χ0v) is 21.1. The smallest absolute Gasteiger partial charge is 0.253 e. The van der Waals surface area contributed by atoms with E-state index < -0.39 is 0 Å². The standard InChI is InChI=1S/C29H39N3O3/c1-21(2)17-28(33)31-24-10-11-27(26(19-24)29(34)30-20-25-9-6-16-35-25)32-14-12-23(13-15-32)18-22-7-4-3-5-8-22/h3-5,7-8,10-11,19,21,23,25H,6,9,12-18,20H2,1-2H3,(H,30,34)(H,31,33). The van der Waals surface area contributed by atoms with Gasteiger partial charge in [-0.2, -0.15) is 0 Å². The number of hydrogen-bond acceptors (Lipinski definition) is 4. The summed E-state index contributed by atoms with van der Waals surface area (Å²) in [6.45, 7) is 7.16. The molecule has 2 aromatic carbocycles. The van der Waals surface area contributed by atoms with E-state index in [2.05, 4.69) is 45.9 Å². The minimum Gasteiger partial charge on any atom is -0.376 e. The molecule has 1 unspecified atom stereocenters. The predicted octanol–water partition coefficient (Wildman–Crippen LogP) is 5.04. The maximum Gasteiger partial charge on any atom is 0.253 e. The average Bonchev–Trinajstić information content (AvgIpc) is 3.37. The van der Waals surface area contributed by atoms with Gasteiger partial charge in [0.25, 0.3) is 5.91 Å². The van der Waals surface area contributed by atoms with Crippen LogP contribution in [0.2, 0.25) is 0 Å². The molecule has 2 aliphatic heterocycles. The topological polar surface area (TPSA) is 70.7 Å². The first-order chi connectivity index (χ1) is 17.0. The molecule has 2 N–H and O–H groups in total. The number of ether oxygens (including phenoxy) is 1. The molecule has 0 aromatic heterocycles. The summed E-state index contributed by atoms with van der Waals surface area (Å²) >= 11 is 0. The first-order valence-corrected chi connectivity index (χ1v) is 13.1. The van der Waals surface area contributed by atoms with Gasteiger partial charge in [0.1, 0.15) is 0 Å². The lowest BCUT2D eigenvalue weighted by molar-refractivity contribution is -0.116. The minimum atomic E-state index is -0.109. The monoisotopic (exact) mass is 477 g/mol. The molecule has 0 radical (unpaired) electrons. The highest BCUT2D eigenvalue weighted by Gasteiger charge is 2.25. The van der Waals surface area contributed by atoms with Crippen molar-refractivity contribution in [2.45, 2.75) is 58.5 Å². The van der Waals surface area contributed by atoms with E-state index in [-0.39, 0.29) is 23.8 Å². The summed E-state index contributed by atoms with van der Waals surface area (Å²) in [5, 5.41) is 6.04. The number of piperidine rings is 1. The first kappa shape index (κ1) is 25.2. The third-order valence-electron chi connectivity index (χ3n) is 6.96. The van der Waals surface area contributed by atoms with Crippen molar-refractivity contribution in [3.8, 4) is 0 Å². The van der Waals surface area contributed by atoms with Crippen LogP contribution in [-0.2, 0) is 16.0 Å². The molecular formula is C29H39N3O3. The van der Waals surface area contributed by atoms with E-state index in [1.165, 1.54) is 5.56 Å². The molecule has 0 spiro atoms. The maximum absolute atomic E-state index is 13.3. The molecule has 0 aliphatic carbocycles. The van der Waals surface area contributed by atoms with Crippen molar-refractivity contribution in [2.75, 3.05) is 36.5 Å². The second-order valence-corrected chi connectivity index (χ2v) is 10.3. The number of anilines is 2. The van der Waals surface area contributed by atoms with E-state index in [0.717, 1.165) is 57.5 Å². The molecule has 188 valence electrons. The van der Waals surface area contributed by atoms with E-state index in [0.29, 0.717) is 30.1 Å². The number of nitrogens with zero attached hydrogens (tertiary/aromatic N) is 1. The van der Waals surface area contributed by atoms with Gasteiger partial charge in [0.15, 0.2) is 0 Å². The van der Waals surface area contributed by atoms with E-state index in [1.54, 1.807) is 0 Å². The van der Waals surface area contributed by atoms with E-state index >= 15 is 0 Å². The van der Waals surface area contributed by atoms with Crippen LogP contribution in [0.5, 0.6) is 0 Å². The summed E-state index contributed by atoms with van der Waals surface area (Å²) in [5.41, 5.74) is 3.61. The summed E-state index contributed by atoms with van der Waals surface area (Å²) in [7, 11) is 0. The van der Waals surface area contributed by atoms with Crippen molar-refractivity contribution < 1.29 is 14.3 Å². The molecule has 2 aliphatic rings. The number of benzene rings is 2. The molecule has 6 nitrogen and oxygen atoms in total. The largest absolute Gasteiger partial charge is 0.376 e. The molecule has 2 amide bonds. The fourth-order valence-corrected chi connectivity index (χ4v) is 5.09. The Morgan fingerprint density at radius 2 is 1.83 bits per heavy atom. The van der Waals surface area contributed by atoms with Crippen molar-refractivity contribution in [2.24, 2.45) is 11.8 Å². The van der Waals surface area contributed by atoms with Crippen LogP contribution in [0, 0.1) is 11.8 Å². The number of nitrogens with one attached hydrogen (secondary N) is 2. The van der Waals surface area contributed by atoms with Gasteiger partial charge in [0.05, 0.1) is 11.7 Å². The Kier molecular flexibility index (Phi) is 8.80. The van der Waals surface area contributed by atoms with Gasteiger partial charge in [-0.25, -0.2) is 0 Å². The average molecular weight is 478 g/mol. The fraction of sp³-hybridized carbons (Fsp3) is 0.517. The Bertz CT molecular complexity index is 978. The molecule has 4 rings (SSSR count). The quantitative estimate of drug-likeness (QED) is 0.531. The van der Waals surface area contributed by atoms with Gasteiger partial charge in [-0.1, -0.05) is 44.2 Å². The summed E-state index contributed by atoms with van der Waals surface area (Å²) in [6, 6.07) is 16.4. The minimum absolute atomic E-state index is 0.0276. The third-order valence-corrected chi connectivity index (χ3v) is 6.96. The zero-order chi connectivity index (χ0) is 24.6. The summed E-state index contributed by atoms with van der Waals surface area (Å²) < 4.78 is 5.68. The van der Waals surface area contributed by atoms with Gasteiger partial charge in [0.2, 0.25) is 5.91 Å². The molecule has 2 heterocycles. The predicted molar refractivity (Wildman–Crippen MR) is 141 cm³/mol. The number of amides is 2. The van der Waals surface area contributed by atoms with Crippen LogP contribution < -0.4 is 15.5 Å². The van der Waals surface area contributed by atoms with Crippen LogP contribution in [0.25, 0.3) is 0 Å². The van der Waals surface area contributed by atoms with Gasteiger partial charge in [0, 0.05) is 44.0 Å². The van der Waals surface area contributed by atoms with Crippen molar-refractivity contribution in [3.63, 3.8) is 0 Å². The highest BCUT2D eigenvalue weighted by molar-refractivity contribution is 6.02. The molecule has 35 heavy (non-hydrogen) atoms. The van der Waals surface area contributed by atoms with Crippen molar-refractivity contribution in [1.82, 2.24) is 5.32 Å². The van der Waals surface area contributed by atoms with Crippen LogP contribution in [0.1, 0.15) is 61.9 Å². The lowest BCUT2D eigenvalue weighted by Gasteiger charge is -2.35. The van der Waals surface area contributed by atoms with E-state index in [9.17, 15) is 9.59 Å². The van der Waals surface area contributed by atoms with Crippen LogP contribution in [0.3, 0.4) is 0 Å². The van der Waals surface area contributed by atoms with Gasteiger partial charge in [-0.05, 0) is 67.7 Å². The third kappa shape index (κ3) is 7.31. The van der Waals surface area contributed by atoms with Crippen molar-refractivity contribution >= 4 is 23.2 Å². The van der Waals surface area contributed by atoms with Crippen molar-refractivity contribution in [3.05, 3.63) is 59.7 Å². The summed E-state index contributed by atoms with van der Waals surface area (Å²) in [6.07, 6.45) is 5.86. The normalized spacial score (nSPS) is 18.6. The van der Waals surface area contributed by atoms with Gasteiger partial charge < -0.3 is 20.3 Å². The lowest BCUT2D eigenvalue weighted by Crippen LogP contribution is -2.37. The molecule has 1 atom stereocenters. The van der Waals surface area contributed by atoms with Crippen LogP contribution in [-0.4, -0.2) is 44.2 Å². The highest BCUT2D eigenvalue weighted by Crippen LogP contribution is 2.30. The Morgan fingerprint density at radius 3 is 2.51 bits per heavy atom. The molecule has 6 heteroatoms. The van der Waals surface area contributed by atoms with Crippen LogP contribution in [0.15, 0.2) is 48.5 Å². The SMILES string of the molecule is CC(C)CC(=O)Nc1ccc(N2CCC(Cc3ccccc3)CC2)c(C(=O)NCC2CCCO2)c1. The second-order valence-electron chi connectivity index (χ2n) is 10.3. The Labute approximate surface area is 209 Å². The molecule has 2 aromatic rings. The Balaban J connectivity index is 1.45. The molecule has 0 saturated carbocycles. The first-order valence-electron chi connectivity index (χ1n) is 13.1. The van der Waals surface area contributed by atoms with E-state index in [4.69, 9.17) is 4.74 Å². The summed E-state index contributed by atoms with van der Waals surface area (Å²) in [4.78, 5) is 27.9. The fourth-order valence-electron chi connectivity index (χ4n) is 5.09. The number of rotatable bonds is 9. The van der Waals surface area contributed by atoms with Crippen LogP contribution >= 0.6 is 0 Å². The molecule has 2 fully saturated rings. The zero-order valence-electron chi connectivity index (χ0n) is 21.1. The molecular weight excluding hydrogens is 438 g/mol. The van der Waals surface area contributed by atoms with E-state index in [1.807, 2.05) is 32.0 Å². The maximum atomic E-state index is 13.3. The Hall–Kier alpha value is -2.86. The Morgan fingerprint density at radius 1 is 1.06 bits per heavy atom. The van der Waals surface area contributed by atoms with Gasteiger partial charge in [-0.15, -0.1) is 0 Å². The lowest BCUT2D eigenvalue weighted by atomic mass is 9.89. The second kappa shape index (κ2) is 12.2. The summed E-state index contributed by atoms with van der Waals surface area (Å²) in [5.74, 6) is 0.794. The van der Waals surface area contributed by atoms with Gasteiger partial charge in [-0.3, -0.25) is 9.59 Å².